The summed E-state index contributed by atoms with van der Waals surface area (Å²) in [6.07, 6.45) is 6.28. The minimum absolute atomic E-state index is 0.289. The molecule has 2 N–H and O–H groups in total. The van der Waals surface area contributed by atoms with Crippen LogP contribution in [0.2, 0.25) is 0 Å². The monoisotopic (exact) mass is 291 g/mol. The zero-order chi connectivity index (χ0) is 14.0. The molecule has 0 spiro atoms. The summed E-state index contributed by atoms with van der Waals surface area (Å²) in [4.78, 5) is 0. The van der Waals surface area contributed by atoms with Crippen LogP contribution in [-0.4, -0.2) is 30.6 Å². The molecule has 20 heavy (non-hydrogen) atoms. The summed E-state index contributed by atoms with van der Waals surface area (Å²) in [5.74, 6) is 0. The largest absolute Gasteiger partial charge is 0.376 e. The second kappa shape index (κ2) is 8.66. The maximum atomic E-state index is 5.51. The second-order valence-electron chi connectivity index (χ2n) is 4.79. The van der Waals surface area contributed by atoms with Crippen molar-refractivity contribution < 1.29 is 4.74 Å². The molecule has 1 atom stereocenters. The molecule has 108 valence electrons. The average molecular weight is 291 g/mol. The summed E-state index contributed by atoms with van der Waals surface area (Å²) in [6.45, 7) is 1.62. The van der Waals surface area contributed by atoms with Gasteiger partial charge in [0.25, 0.3) is 0 Å². The van der Waals surface area contributed by atoms with E-state index in [4.69, 9.17) is 17.0 Å². The molecule has 0 bridgehead atoms. The summed E-state index contributed by atoms with van der Waals surface area (Å²) in [7, 11) is 0. The van der Waals surface area contributed by atoms with E-state index < -0.39 is 0 Å². The topological polar surface area (TPSA) is 45.6 Å². The van der Waals surface area contributed by atoms with Crippen LogP contribution in [0.4, 0.5) is 0 Å². The molecule has 1 aliphatic rings. The van der Waals surface area contributed by atoms with E-state index in [1.165, 1.54) is 5.56 Å². The van der Waals surface area contributed by atoms with Gasteiger partial charge in [0.15, 0.2) is 5.11 Å². The van der Waals surface area contributed by atoms with Gasteiger partial charge in [-0.05, 0) is 43.5 Å². The first-order chi connectivity index (χ1) is 9.84. The number of benzene rings is 1. The van der Waals surface area contributed by atoms with E-state index in [0.29, 0.717) is 5.11 Å². The molecule has 1 fully saturated rings. The Morgan fingerprint density at radius 3 is 3.00 bits per heavy atom. The fourth-order valence-corrected chi connectivity index (χ4v) is 2.23. The minimum atomic E-state index is 0.289. The van der Waals surface area contributed by atoms with E-state index in [0.717, 1.165) is 38.8 Å². The Hall–Kier alpha value is -1.46. The lowest BCUT2D eigenvalue weighted by Crippen LogP contribution is -2.37. The normalized spacial score (nSPS) is 18.3. The molecular formula is C15H21N3OS. The molecule has 1 heterocycles. The lowest BCUT2D eigenvalue weighted by molar-refractivity contribution is 0.114. The van der Waals surface area contributed by atoms with Crippen molar-refractivity contribution in [2.45, 2.75) is 31.8 Å². The smallest absolute Gasteiger partial charge is 0.187 e. The van der Waals surface area contributed by atoms with Crippen LogP contribution in [0.3, 0.4) is 0 Å². The van der Waals surface area contributed by atoms with Crippen LogP contribution in [0, 0.1) is 0 Å². The summed E-state index contributed by atoms with van der Waals surface area (Å²) in [5, 5.41) is 7.78. The fraction of sp³-hybridized carbons (Fsp3) is 0.467. The minimum Gasteiger partial charge on any atom is -0.376 e. The Morgan fingerprint density at radius 1 is 1.40 bits per heavy atom. The van der Waals surface area contributed by atoms with Gasteiger partial charge in [-0.15, -0.1) is 0 Å². The Balaban J connectivity index is 1.54. The third kappa shape index (κ3) is 5.67. The van der Waals surface area contributed by atoms with Gasteiger partial charge in [0, 0.05) is 19.4 Å². The molecular weight excluding hydrogens is 270 g/mol. The van der Waals surface area contributed by atoms with Gasteiger partial charge in [0.2, 0.25) is 0 Å². The van der Waals surface area contributed by atoms with E-state index in [2.05, 4.69) is 40.1 Å². The van der Waals surface area contributed by atoms with Crippen molar-refractivity contribution in [3.63, 3.8) is 0 Å². The van der Waals surface area contributed by atoms with Crippen LogP contribution in [0.5, 0.6) is 0 Å². The van der Waals surface area contributed by atoms with E-state index in [1.54, 1.807) is 0 Å². The maximum Gasteiger partial charge on any atom is 0.187 e. The molecule has 0 unspecified atom stereocenters. The summed E-state index contributed by atoms with van der Waals surface area (Å²) < 4.78 is 5.51. The van der Waals surface area contributed by atoms with Crippen molar-refractivity contribution in [3.05, 3.63) is 35.9 Å². The molecule has 1 aromatic carbocycles. The molecule has 1 aliphatic heterocycles. The van der Waals surface area contributed by atoms with Gasteiger partial charge in [-0.25, -0.2) is 0 Å². The highest BCUT2D eigenvalue weighted by atomic mass is 32.1. The first-order valence-corrected chi connectivity index (χ1v) is 7.46. The quantitative estimate of drug-likeness (QED) is 0.479. The van der Waals surface area contributed by atoms with Gasteiger partial charge in [-0.3, -0.25) is 5.43 Å². The van der Waals surface area contributed by atoms with Crippen LogP contribution >= 0.6 is 12.2 Å². The third-order valence-corrected chi connectivity index (χ3v) is 3.41. The fourth-order valence-electron chi connectivity index (χ4n) is 2.10. The van der Waals surface area contributed by atoms with Crippen molar-refractivity contribution >= 4 is 23.5 Å². The molecule has 0 amide bonds. The second-order valence-corrected chi connectivity index (χ2v) is 5.20. The van der Waals surface area contributed by atoms with Gasteiger partial charge in [0.1, 0.15) is 0 Å². The molecule has 0 radical (unpaired) electrons. The number of ether oxygens (including phenoxy) is 1. The van der Waals surface area contributed by atoms with Gasteiger partial charge < -0.3 is 10.1 Å². The highest BCUT2D eigenvalue weighted by Gasteiger charge is 2.14. The first kappa shape index (κ1) is 14.9. The summed E-state index contributed by atoms with van der Waals surface area (Å²) in [6, 6.07) is 10.4. The van der Waals surface area contributed by atoms with E-state index >= 15 is 0 Å². The number of rotatable bonds is 6. The Bertz CT molecular complexity index is 430. The molecule has 4 nitrogen and oxygen atoms in total. The summed E-state index contributed by atoms with van der Waals surface area (Å²) >= 11 is 5.14. The molecule has 2 rings (SSSR count). The highest BCUT2D eigenvalue weighted by Crippen LogP contribution is 2.10. The van der Waals surface area contributed by atoms with Crippen molar-refractivity contribution in [1.82, 2.24) is 10.7 Å². The third-order valence-electron chi connectivity index (χ3n) is 3.18. The molecule has 0 aromatic heterocycles. The predicted molar refractivity (Wildman–Crippen MR) is 86.0 cm³/mol. The zero-order valence-electron chi connectivity index (χ0n) is 11.5. The number of hydrazone groups is 1. The van der Waals surface area contributed by atoms with Gasteiger partial charge in [-0.2, -0.15) is 5.10 Å². The highest BCUT2D eigenvalue weighted by molar-refractivity contribution is 7.80. The lowest BCUT2D eigenvalue weighted by atomic mass is 10.1. The Labute approximate surface area is 125 Å². The van der Waals surface area contributed by atoms with E-state index in [1.807, 2.05) is 12.3 Å². The maximum absolute atomic E-state index is 5.51. The van der Waals surface area contributed by atoms with Crippen LogP contribution in [-0.2, 0) is 11.2 Å². The first-order valence-electron chi connectivity index (χ1n) is 7.05. The number of hydrogen-bond donors (Lipinski definition) is 2. The van der Waals surface area contributed by atoms with Gasteiger partial charge in [0.05, 0.1) is 6.10 Å². The van der Waals surface area contributed by atoms with Crippen LogP contribution < -0.4 is 10.7 Å². The average Bonchev–Trinajstić information content (AvgIpc) is 2.99. The van der Waals surface area contributed by atoms with Crippen molar-refractivity contribution in [3.8, 4) is 0 Å². The molecule has 0 aliphatic carbocycles. The van der Waals surface area contributed by atoms with Crippen molar-refractivity contribution in [1.29, 1.82) is 0 Å². The standard InChI is InChI=1S/C15H21N3OS/c20-15(16-12-14-9-5-11-19-14)18-17-10-4-8-13-6-2-1-3-7-13/h1-3,6-7,10,14H,4-5,8-9,11-12H2,(H2,16,18,20)/b17-10-/t14-/m1/s1. The van der Waals surface area contributed by atoms with Gasteiger partial charge in [-0.1, -0.05) is 30.3 Å². The van der Waals surface area contributed by atoms with E-state index in [9.17, 15) is 0 Å². The van der Waals surface area contributed by atoms with Crippen LogP contribution in [0.15, 0.2) is 35.4 Å². The predicted octanol–water partition coefficient (Wildman–Crippen LogP) is 2.25. The number of thiocarbonyl (C=S) groups is 1. The SMILES string of the molecule is S=C(NC[C@H]1CCCO1)N/N=C\CCc1ccccc1. The van der Waals surface area contributed by atoms with Crippen LogP contribution in [0.25, 0.3) is 0 Å². The van der Waals surface area contributed by atoms with Gasteiger partial charge >= 0.3 is 0 Å². The molecule has 1 aromatic rings. The zero-order valence-corrected chi connectivity index (χ0v) is 12.4. The van der Waals surface area contributed by atoms with E-state index in [-0.39, 0.29) is 6.10 Å². The Morgan fingerprint density at radius 2 is 2.25 bits per heavy atom. The lowest BCUT2D eigenvalue weighted by Gasteiger charge is -2.11. The van der Waals surface area contributed by atoms with Crippen molar-refractivity contribution in [2.75, 3.05) is 13.2 Å². The number of aryl methyl sites for hydroxylation is 1. The molecule has 1 saturated heterocycles. The number of nitrogens with one attached hydrogen (secondary N) is 2. The van der Waals surface area contributed by atoms with Crippen molar-refractivity contribution in [2.24, 2.45) is 5.10 Å². The Kier molecular flexibility index (Phi) is 6.47. The number of nitrogens with zero attached hydrogens (tertiary/aromatic N) is 1. The molecule has 0 saturated carbocycles. The summed E-state index contributed by atoms with van der Waals surface area (Å²) in [5.41, 5.74) is 4.14. The molecule has 5 heteroatoms. The number of hydrogen-bond acceptors (Lipinski definition) is 3. The van der Waals surface area contributed by atoms with Crippen LogP contribution in [0.1, 0.15) is 24.8 Å².